The number of H-pyrrole nitrogens is 1. The fraction of sp³-hybridized carbons (Fsp3) is 0.0667. The molecule has 238 valence electrons. The average molecular weight is 636 g/mol. The number of fused-ring (bicyclic) bond motifs is 6. The molecule has 7 N–H and O–H groups in total. The molecule has 8 aromatic rings. The summed E-state index contributed by atoms with van der Waals surface area (Å²) in [5.41, 5.74) is 19.3. The minimum atomic E-state index is -0.238. The SMILES string of the molecule is C/C=C\c1ccc(-c2ccc(C([NH3+])N/C(=C\Cc3cc4ccccc4c4ccccc34)c3cc4ccccc4c4ccccc34)[nH]2)cc1N. The highest BCUT2D eigenvalue weighted by Gasteiger charge is 2.18. The highest BCUT2D eigenvalue weighted by Crippen LogP contribution is 2.34. The van der Waals surface area contributed by atoms with Crippen LogP contribution in [0.2, 0.25) is 0 Å². The molecule has 49 heavy (non-hydrogen) atoms. The van der Waals surface area contributed by atoms with Crippen molar-refractivity contribution in [1.82, 2.24) is 10.3 Å². The highest BCUT2D eigenvalue weighted by atomic mass is 15.1. The van der Waals surface area contributed by atoms with Gasteiger partial charge in [0.05, 0.1) is 5.69 Å². The zero-order valence-corrected chi connectivity index (χ0v) is 27.6. The summed E-state index contributed by atoms with van der Waals surface area (Å²) < 4.78 is 0. The summed E-state index contributed by atoms with van der Waals surface area (Å²) in [5, 5.41) is 13.8. The number of anilines is 1. The van der Waals surface area contributed by atoms with Gasteiger partial charge in [0.2, 0.25) is 0 Å². The van der Waals surface area contributed by atoms with Crippen molar-refractivity contribution < 1.29 is 5.73 Å². The molecule has 0 saturated carbocycles. The van der Waals surface area contributed by atoms with Gasteiger partial charge in [-0.3, -0.25) is 0 Å². The number of rotatable bonds is 8. The number of quaternary nitrogens is 1. The zero-order valence-electron chi connectivity index (χ0n) is 27.6. The van der Waals surface area contributed by atoms with Gasteiger partial charge in [0.15, 0.2) is 6.17 Å². The van der Waals surface area contributed by atoms with Gasteiger partial charge in [-0.25, -0.2) is 0 Å². The summed E-state index contributed by atoms with van der Waals surface area (Å²) in [7, 11) is 0. The minimum Gasteiger partial charge on any atom is -0.398 e. The Morgan fingerprint density at radius 2 is 1.31 bits per heavy atom. The molecule has 4 heteroatoms. The molecular weight excluding hydrogens is 597 g/mol. The lowest BCUT2D eigenvalue weighted by Gasteiger charge is -2.19. The summed E-state index contributed by atoms with van der Waals surface area (Å²) in [5.74, 6) is 0. The van der Waals surface area contributed by atoms with Crippen molar-refractivity contribution in [2.45, 2.75) is 19.5 Å². The molecule has 0 aliphatic heterocycles. The Labute approximate surface area is 286 Å². The molecule has 0 spiro atoms. The molecule has 4 nitrogen and oxygen atoms in total. The van der Waals surface area contributed by atoms with E-state index in [9.17, 15) is 0 Å². The van der Waals surface area contributed by atoms with Crippen LogP contribution in [0.5, 0.6) is 0 Å². The van der Waals surface area contributed by atoms with Crippen molar-refractivity contribution in [2.24, 2.45) is 0 Å². The van der Waals surface area contributed by atoms with E-state index in [2.05, 4.69) is 156 Å². The van der Waals surface area contributed by atoms with Crippen molar-refractivity contribution in [3.05, 3.63) is 174 Å². The molecule has 8 rings (SSSR count). The van der Waals surface area contributed by atoms with Gasteiger partial charge >= 0.3 is 0 Å². The number of nitrogens with one attached hydrogen (secondary N) is 2. The van der Waals surface area contributed by atoms with Crippen LogP contribution in [0.1, 0.15) is 35.5 Å². The largest absolute Gasteiger partial charge is 0.398 e. The quantitative estimate of drug-likeness (QED) is 0.0761. The van der Waals surface area contributed by atoms with Gasteiger partial charge in [-0.15, -0.1) is 0 Å². The third-order valence-electron chi connectivity index (χ3n) is 9.60. The number of aromatic nitrogens is 1. The topological polar surface area (TPSA) is 81.5 Å². The van der Waals surface area contributed by atoms with Gasteiger partial charge in [0.25, 0.3) is 0 Å². The molecule has 0 fully saturated rings. The van der Waals surface area contributed by atoms with Crippen LogP contribution in [0.3, 0.4) is 0 Å². The predicted octanol–water partition coefficient (Wildman–Crippen LogP) is 10.0. The third-order valence-corrected chi connectivity index (χ3v) is 9.60. The molecule has 0 aliphatic rings. The van der Waals surface area contributed by atoms with Crippen LogP contribution in [-0.4, -0.2) is 4.98 Å². The summed E-state index contributed by atoms with van der Waals surface area (Å²) in [4.78, 5) is 3.62. The maximum Gasteiger partial charge on any atom is 0.199 e. The first-order valence-electron chi connectivity index (χ1n) is 16.9. The Morgan fingerprint density at radius 3 is 2.00 bits per heavy atom. The second kappa shape index (κ2) is 12.8. The Hall–Kier alpha value is -6.10. The number of allylic oxidation sites excluding steroid dienone is 2. The van der Waals surface area contributed by atoms with Gasteiger partial charge in [0, 0.05) is 28.2 Å². The minimum absolute atomic E-state index is 0.238. The number of aromatic amines is 1. The second-order valence-electron chi connectivity index (χ2n) is 12.7. The van der Waals surface area contributed by atoms with Crippen LogP contribution in [0.15, 0.2) is 152 Å². The molecular formula is C45H39N4+. The smallest absolute Gasteiger partial charge is 0.199 e. The van der Waals surface area contributed by atoms with E-state index in [1.807, 2.05) is 25.1 Å². The lowest BCUT2D eigenvalue weighted by molar-refractivity contribution is -0.433. The molecule has 1 atom stereocenters. The molecule has 1 heterocycles. The van der Waals surface area contributed by atoms with E-state index < -0.39 is 0 Å². The summed E-state index contributed by atoms with van der Waals surface area (Å²) in [6, 6.07) is 49.8. The second-order valence-corrected chi connectivity index (χ2v) is 12.7. The molecule has 7 aromatic carbocycles. The van der Waals surface area contributed by atoms with Gasteiger partial charge < -0.3 is 21.8 Å². The molecule has 0 saturated heterocycles. The van der Waals surface area contributed by atoms with Crippen molar-refractivity contribution in [3.63, 3.8) is 0 Å². The van der Waals surface area contributed by atoms with Crippen LogP contribution in [-0.2, 0) is 6.42 Å². The number of nitrogen functional groups attached to an aromatic ring is 1. The zero-order chi connectivity index (χ0) is 33.3. The van der Waals surface area contributed by atoms with Crippen molar-refractivity contribution in [3.8, 4) is 11.3 Å². The van der Waals surface area contributed by atoms with Crippen molar-refractivity contribution in [1.29, 1.82) is 0 Å². The van der Waals surface area contributed by atoms with Crippen molar-refractivity contribution in [2.75, 3.05) is 5.73 Å². The molecule has 0 amide bonds. The Morgan fingerprint density at radius 1 is 0.694 bits per heavy atom. The summed E-state index contributed by atoms with van der Waals surface area (Å²) >= 11 is 0. The van der Waals surface area contributed by atoms with E-state index in [1.165, 1.54) is 48.7 Å². The number of benzene rings is 7. The number of hydrogen-bond donors (Lipinski definition) is 4. The summed E-state index contributed by atoms with van der Waals surface area (Å²) in [6.45, 7) is 2.00. The van der Waals surface area contributed by atoms with Gasteiger partial charge in [-0.1, -0.05) is 133 Å². The number of hydrogen-bond acceptors (Lipinski definition) is 2. The summed E-state index contributed by atoms with van der Waals surface area (Å²) in [6.07, 6.45) is 6.90. The van der Waals surface area contributed by atoms with E-state index in [-0.39, 0.29) is 6.17 Å². The standard InChI is InChI=1S/C45H38N4/c1-2-11-29-20-21-33(28-41(29)46)42-24-25-44(48-42)45(47)49-43(40-27-31-13-4-6-15-35(31)38-18-9-10-19-39(38)40)23-22-32-26-30-12-3-5-14-34(30)37-17-8-7-16-36(32)37/h2-21,23-28,45,48-49H,22,46-47H2,1H3/p+1/b11-2-,43-23-. The van der Waals surface area contributed by atoms with Crippen LogP contribution in [0, 0.1) is 0 Å². The molecule has 0 radical (unpaired) electrons. The third kappa shape index (κ3) is 5.73. The van der Waals surface area contributed by atoms with E-state index in [0.29, 0.717) is 0 Å². The van der Waals surface area contributed by atoms with Gasteiger partial charge in [-0.05, 0) is 91.8 Å². The van der Waals surface area contributed by atoms with Crippen LogP contribution >= 0.6 is 0 Å². The van der Waals surface area contributed by atoms with Crippen LogP contribution in [0.4, 0.5) is 5.69 Å². The molecule has 0 bridgehead atoms. The first-order valence-corrected chi connectivity index (χ1v) is 16.9. The average Bonchev–Trinajstić information content (AvgIpc) is 3.65. The normalized spacial score (nSPS) is 12.8. The van der Waals surface area contributed by atoms with E-state index in [1.54, 1.807) is 0 Å². The van der Waals surface area contributed by atoms with E-state index >= 15 is 0 Å². The Balaban J connectivity index is 1.22. The fourth-order valence-electron chi connectivity index (χ4n) is 7.16. The maximum absolute atomic E-state index is 6.38. The fourth-order valence-corrected chi connectivity index (χ4v) is 7.16. The van der Waals surface area contributed by atoms with E-state index in [0.717, 1.165) is 45.9 Å². The monoisotopic (exact) mass is 635 g/mol. The van der Waals surface area contributed by atoms with E-state index in [4.69, 9.17) is 5.73 Å². The first kappa shape index (κ1) is 30.2. The van der Waals surface area contributed by atoms with Gasteiger partial charge in [-0.2, -0.15) is 0 Å². The van der Waals surface area contributed by atoms with Crippen molar-refractivity contribution >= 4 is 60.6 Å². The first-order chi connectivity index (χ1) is 24.1. The van der Waals surface area contributed by atoms with Crippen LogP contribution < -0.4 is 16.8 Å². The molecule has 1 unspecified atom stereocenters. The van der Waals surface area contributed by atoms with Crippen LogP contribution in [0.25, 0.3) is 66.1 Å². The number of nitrogens with two attached hydrogens (primary N) is 1. The lowest BCUT2D eigenvalue weighted by atomic mass is 9.93. The lowest BCUT2D eigenvalue weighted by Crippen LogP contribution is -2.59. The Bertz CT molecular complexity index is 2550. The molecule has 1 aromatic heterocycles. The highest BCUT2D eigenvalue weighted by molar-refractivity contribution is 6.12. The predicted molar refractivity (Wildman–Crippen MR) is 209 cm³/mol. The maximum atomic E-state index is 6.38. The Kier molecular flexibility index (Phi) is 7.92. The van der Waals surface area contributed by atoms with Gasteiger partial charge in [0.1, 0.15) is 0 Å². The molecule has 0 aliphatic carbocycles.